The molecule has 2 rings (SSSR count). The van der Waals surface area contributed by atoms with Crippen LogP contribution in [-0.2, 0) is 21.2 Å². The topological polar surface area (TPSA) is 105 Å². The van der Waals surface area contributed by atoms with Crippen LogP contribution in [0, 0.1) is 0 Å². The standard InChI is InChI=1S/C12H20N4O4S/c1-3-13-10(17)6-7-11-14-12(15-20-11)9-5-4-8-16(9)21(2,18)19/h9H,3-8H2,1-2H3,(H,13,17). The zero-order valence-electron chi connectivity index (χ0n) is 12.2. The van der Waals surface area contributed by atoms with Crippen LogP contribution in [0.1, 0.15) is 43.9 Å². The molecular weight excluding hydrogens is 296 g/mol. The van der Waals surface area contributed by atoms with Crippen molar-refractivity contribution >= 4 is 15.9 Å². The van der Waals surface area contributed by atoms with Crippen molar-refractivity contribution in [2.75, 3.05) is 19.3 Å². The summed E-state index contributed by atoms with van der Waals surface area (Å²) in [4.78, 5) is 15.6. The minimum absolute atomic E-state index is 0.0733. The van der Waals surface area contributed by atoms with Gasteiger partial charge in [-0.1, -0.05) is 5.16 Å². The Morgan fingerprint density at radius 1 is 1.52 bits per heavy atom. The van der Waals surface area contributed by atoms with Crippen LogP contribution in [0.2, 0.25) is 0 Å². The molecular formula is C12H20N4O4S. The molecule has 1 aromatic rings. The van der Waals surface area contributed by atoms with Crippen LogP contribution in [0.25, 0.3) is 0 Å². The lowest BCUT2D eigenvalue weighted by Gasteiger charge is -2.18. The van der Waals surface area contributed by atoms with Crippen LogP contribution >= 0.6 is 0 Å². The van der Waals surface area contributed by atoms with Gasteiger partial charge in [0, 0.05) is 25.9 Å². The van der Waals surface area contributed by atoms with E-state index in [1.807, 2.05) is 6.92 Å². The number of aromatic nitrogens is 2. The predicted octanol–water partition coefficient (Wildman–Crippen LogP) is 0.235. The van der Waals surface area contributed by atoms with Crippen molar-refractivity contribution in [3.63, 3.8) is 0 Å². The van der Waals surface area contributed by atoms with Crippen molar-refractivity contribution < 1.29 is 17.7 Å². The first-order valence-electron chi connectivity index (χ1n) is 6.97. The summed E-state index contributed by atoms with van der Waals surface area (Å²) in [7, 11) is -3.28. The smallest absolute Gasteiger partial charge is 0.227 e. The molecule has 0 radical (unpaired) electrons. The Bertz CT molecular complexity index is 598. The Hall–Kier alpha value is -1.48. The first-order valence-corrected chi connectivity index (χ1v) is 8.82. The molecule has 0 bridgehead atoms. The first-order chi connectivity index (χ1) is 9.91. The third kappa shape index (κ3) is 4.01. The molecule has 1 N–H and O–H groups in total. The molecule has 1 fully saturated rings. The summed E-state index contributed by atoms with van der Waals surface area (Å²) in [6, 6.07) is -0.359. The first kappa shape index (κ1) is 15.9. The van der Waals surface area contributed by atoms with Crippen LogP contribution in [0.3, 0.4) is 0 Å². The molecule has 21 heavy (non-hydrogen) atoms. The molecule has 9 heteroatoms. The predicted molar refractivity (Wildman–Crippen MR) is 74.8 cm³/mol. The highest BCUT2D eigenvalue weighted by Crippen LogP contribution is 2.32. The van der Waals surface area contributed by atoms with Gasteiger partial charge < -0.3 is 9.84 Å². The van der Waals surface area contributed by atoms with E-state index < -0.39 is 10.0 Å². The lowest BCUT2D eigenvalue weighted by molar-refractivity contribution is -0.121. The Kier molecular flexibility index (Phi) is 4.94. The van der Waals surface area contributed by atoms with Crippen molar-refractivity contribution in [2.45, 2.75) is 38.6 Å². The van der Waals surface area contributed by atoms with E-state index in [1.54, 1.807) is 0 Å². The van der Waals surface area contributed by atoms with E-state index in [4.69, 9.17) is 4.52 Å². The van der Waals surface area contributed by atoms with E-state index in [0.29, 0.717) is 37.6 Å². The molecule has 1 saturated heterocycles. The number of hydrogen-bond donors (Lipinski definition) is 1. The quantitative estimate of drug-likeness (QED) is 0.805. The van der Waals surface area contributed by atoms with Gasteiger partial charge in [-0.2, -0.15) is 9.29 Å². The van der Waals surface area contributed by atoms with Crippen LogP contribution in [-0.4, -0.2) is 48.1 Å². The van der Waals surface area contributed by atoms with Gasteiger partial charge in [0.05, 0.1) is 12.3 Å². The number of nitrogens with zero attached hydrogens (tertiary/aromatic N) is 3. The lowest BCUT2D eigenvalue weighted by Crippen LogP contribution is -2.30. The average Bonchev–Trinajstić information content (AvgIpc) is 3.04. The van der Waals surface area contributed by atoms with Gasteiger partial charge in [-0.05, 0) is 19.8 Å². The molecule has 2 heterocycles. The number of sulfonamides is 1. The molecule has 1 amide bonds. The zero-order chi connectivity index (χ0) is 15.5. The number of aryl methyl sites for hydroxylation is 1. The molecule has 1 aromatic heterocycles. The fourth-order valence-electron chi connectivity index (χ4n) is 2.41. The van der Waals surface area contributed by atoms with E-state index in [9.17, 15) is 13.2 Å². The van der Waals surface area contributed by atoms with Crippen molar-refractivity contribution in [1.82, 2.24) is 19.8 Å². The van der Waals surface area contributed by atoms with Crippen LogP contribution in [0.4, 0.5) is 0 Å². The summed E-state index contributed by atoms with van der Waals surface area (Å²) < 4.78 is 29.9. The van der Waals surface area contributed by atoms with E-state index >= 15 is 0 Å². The third-order valence-electron chi connectivity index (χ3n) is 3.35. The van der Waals surface area contributed by atoms with E-state index in [-0.39, 0.29) is 18.4 Å². The maximum atomic E-state index is 11.7. The van der Waals surface area contributed by atoms with Gasteiger partial charge in [0.2, 0.25) is 21.8 Å². The van der Waals surface area contributed by atoms with Crippen LogP contribution in [0.5, 0.6) is 0 Å². The summed E-state index contributed by atoms with van der Waals surface area (Å²) in [5.41, 5.74) is 0. The monoisotopic (exact) mass is 316 g/mol. The second-order valence-corrected chi connectivity index (χ2v) is 6.97. The molecule has 0 aromatic carbocycles. The van der Waals surface area contributed by atoms with E-state index in [1.165, 1.54) is 10.6 Å². The second-order valence-electron chi connectivity index (χ2n) is 5.03. The van der Waals surface area contributed by atoms with Gasteiger partial charge >= 0.3 is 0 Å². The van der Waals surface area contributed by atoms with Crippen molar-refractivity contribution in [1.29, 1.82) is 0 Å². The normalized spacial score (nSPS) is 19.8. The Morgan fingerprint density at radius 2 is 2.29 bits per heavy atom. The van der Waals surface area contributed by atoms with Gasteiger partial charge in [0.25, 0.3) is 0 Å². The molecule has 1 aliphatic rings. The van der Waals surface area contributed by atoms with Gasteiger partial charge in [-0.25, -0.2) is 8.42 Å². The van der Waals surface area contributed by atoms with Gasteiger partial charge in [0.1, 0.15) is 0 Å². The van der Waals surface area contributed by atoms with E-state index in [0.717, 1.165) is 6.42 Å². The van der Waals surface area contributed by atoms with Crippen molar-refractivity contribution in [3.8, 4) is 0 Å². The zero-order valence-corrected chi connectivity index (χ0v) is 13.0. The largest absolute Gasteiger partial charge is 0.356 e. The van der Waals surface area contributed by atoms with Gasteiger partial charge in [-0.3, -0.25) is 4.79 Å². The number of hydrogen-bond acceptors (Lipinski definition) is 6. The van der Waals surface area contributed by atoms with Gasteiger partial charge in [0.15, 0.2) is 5.82 Å². The molecule has 1 aliphatic heterocycles. The van der Waals surface area contributed by atoms with Crippen LogP contribution in [0.15, 0.2) is 4.52 Å². The Labute approximate surface area is 123 Å². The maximum Gasteiger partial charge on any atom is 0.227 e. The minimum Gasteiger partial charge on any atom is -0.356 e. The summed E-state index contributed by atoms with van der Waals surface area (Å²) in [6.45, 7) is 2.91. The Morgan fingerprint density at radius 3 is 2.95 bits per heavy atom. The molecule has 8 nitrogen and oxygen atoms in total. The fourth-order valence-corrected chi connectivity index (χ4v) is 3.53. The third-order valence-corrected chi connectivity index (χ3v) is 4.64. The van der Waals surface area contributed by atoms with Crippen molar-refractivity contribution in [2.24, 2.45) is 0 Å². The molecule has 0 spiro atoms. The molecule has 0 aliphatic carbocycles. The maximum absolute atomic E-state index is 11.7. The molecule has 1 atom stereocenters. The average molecular weight is 316 g/mol. The highest BCUT2D eigenvalue weighted by atomic mass is 32.2. The second kappa shape index (κ2) is 6.52. The summed E-state index contributed by atoms with van der Waals surface area (Å²) in [6.07, 6.45) is 3.27. The SMILES string of the molecule is CCNC(=O)CCc1nc(C2CCCN2S(C)(=O)=O)no1. The number of rotatable bonds is 6. The highest BCUT2D eigenvalue weighted by Gasteiger charge is 2.35. The molecule has 118 valence electrons. The van der Waals surface area contributed by atoms with E-state index in [2.05, 4.69) is 15.5 Å². The number of carbonyl (C=O) groups excluding carboxylic acids is 1. The fraction of sp³-hybridized carbons (Fsp3) is 0.750. The molecule has 0 saturated carbocycles. The molecule has 1 unspecified atom stereocenters. The summed E-state index contributed by atoms with van der Waals surface area (Å²) in [5, 5.41) is 6.55. The van der Waals surface area contributed by atoms with Crippen molar-refractivity contribution in [3.05, 3.63) is 11.7 Å². The number of carbonyl (C=O) groups is 1. The number of amides is 1. The van der Waals surface area contributed by atoms with Crippen LogP contribution < -0.4 is 5.32 Å². The van der Waals surface area contributed by atoms with Gasteiger partial charge in [-0.15, -0.1) is 0 Å². The lowest BCUT2D eigenvalue weighted by atomic mass is 10.2. The number of nitrogens with one attached hydrogen (secondary N) is 1. The summed E-state index contributed by atoms with van der Waals surface area (Å²) >= 11 is 0. The Balaban J connectivity index is 2.01. The summed E-state index contributed by atoms with van der Waals surface area (Å²) in [5.74, 6) is 0.663. The highest BCUT2D eigenvalue weighted by molar-refractivity contribution is 7.88. The minimum atomic E-state index is -3.28.